The summed E-state index contributed by atoms with van der Waals surface area (Å²) in [5, 5.41) is 13.7. The minimum Gasteiger partial charge on any atom is -0.454 e. The lowest BCUT2D eigenvalue weighted by Gasteiger charge is -2.01. The number of nitrogens with zero attached hydrogens (tertiary/aromatic N) is 2. The van der Waals surface area contributed by atoms with Gasteiger partial charge in [0.05, 0.1) is 10.6 Å². The van der Waals surface area contributed by atoms with Crippen LogP contribution >= 0.6 is 46.1 Å². The first-order valence-electron chi connectivity index (χ1n) is 8.42. The quantitative estimate of drug-likeness (QED) is 0.291. The summed E-state index contributed by atoms with van der Waals surface area (Å²) in [5.74, 6) is 1.21. The molecule has 0 saturated heterocycles. The summed E-state index contributed by atoms with van der Waals surface area (Å²) in [5.41, 5.74) is 2.74. The average Bonchev–Trinajstić information content (AvgIpc) is 3.37. The van der Waals surface area contributed by atoms with Gasteiger partial charge in [0, 0.05) is 21.0 Å². The first-order valence-corrected chi connectivity index (χ1v) is 10.4. The van der Waals surface area contributed by atoms with E-state index in [2.05, 4.69) is 11.1 Å². The Morgan fingerprint density at radius 2 is 1.69 bits per heavy atom. The van der Waals surface area contributed by atoms with Gasteiger partial charge in [0.15, 0.2) is 5.76 Å². The molecule has 29 heavy (non-hydrogen) atoms. The van der Waals surface area contributed by atoms with Crippen molar-refractivity contribution in [1.82, 2.24) is 4.98 Å². The van der Waals surface area contributed by atoms with Gasteiger partial charge in [-0.3, -0.25) is 0 Å². The third kappa shape index (κ3) is 4.39. The zero-order valence-electron chi connectivity index (χ0n) is 14.7. The molecule has 0 bridgehead atoms. The maximum absolute atomic E-state index is 9.55. The van der Waals surface area contributed by atoms with Crippen LogP contribution in [0.5, 0.6) is 0 Å². The molecule has 7 heteroatoms. The van der Waals surface area contributed by atoms with Gasteiger partial charge in [-0.05, 0) is 54.1 Å². The monoisotopic (exact) mass is 456 g/mol. The molecule has 0 N–H and O–H groups in total. The predicted molar refractivity (Wildman–Crippen MR) is 120 cm³/mol. The summed E-state index contributed by atoms with van der Waals surface area (Å²) >= 11 is 19.5. The smallest absolute Gasteiger partial charge is 0.154 e. The maximum atomic E-state index is 9.55. The molecule has 0 unspecified atom stereocenters. The van der Waals surface area contributed by atoms with Crippen molar-refractivity contribution in [2.45, 2.75) is 0 Å². The minimum absolute atomic E-state index is 0.469. The van der Waals surface area contributed by atoms with Gasteiger partial charge in [0.25, 0.3) is 0 Å². The molecule has 4 rings (SSSR count). The van der Waals surface area contributed by atoms with Crippen molar-refractivity contribution < 1.29 is 4.42 Å². The van der Waals surface area contributed by atoms with Crippen molar-refractivity contribution in [3.8, 4) is 28.8 Å². The fourth-order valence-corrected chi connectivity index (χ4v) is 4.09. The van der Waals surface area contributed by atoms with Crippen molar-refractivity contribution in [2.24, 2.45) is 0 Å². The number of rotatable bonds is 4. The summed E-state index contributed by atoms with van der Waals surface area (Å²) in [6.07, 6.45) is 1.78. The molecule has 2 aromatic carbocycles. The van der Waals surface area contributed by atoms with Gasteiger partial charge in [-0.1, -0.05) is 46.9 Å². The largest absolute Gasteiger partial charge is 0.454 e. The number of aromatic nitrogens is 1. The van der Waals surface area contributed by atoms with Crippen molar-refractivity contribution in [3.05, 3.63) is 85.6 Å². The standard InChI is InChI=1S/C22H11Cl3N2OS/c23-15-3-1-13(2-4-15)9-14(11-26)22-27-19(12-29-22)21-8-7-20(28-21)17-6-5-16(24)10-18(17)25/h1-10,12H. The van der Waals surface area contributed by atoms with Gasteiger partial charge < -0.3 is 4.42 Å². The van der Waals surface area contributed by atoms with E-state index in [0.29, 0.717) is 42.9 Å². The van der Waals surface area contributed by atoms with E-state index in [1.807, 2.05) is 35.7 Å². The van der Waals surface area contributed by atoms with Crippen LogP contribution in [0.2, 0.25) is 15.1 Å². The number of allylic oxidation sites excluding steroid dienone is 1. The fraction of sp³-hybridized carbons (Fsp3) is 0. The van der Waals surface area contributed by atoms with E-state index < -0.39 is 0 Å². The summed E-state index contributed by atoms with van der Waals surface area (Å²) in [7, 11) is 0. The number of benzene rings is 2. The lowest BCUT2D eigenvalue weighted by molar-refractivity contribution is 0.595. The van der Waals surface area contributed by atoms with Crippen LogP contribution in [0.25, 0.3) is 34.4 Å². The van der Waals surface area contributed by atoms with Crippen molar-refractivity contribution in [2.75, 3.05) is 0 Å². The number of thiazole rings is 1. The molecule has 0 aliphatic rings. The van der Waals surface area contributed by atoms with Crippen molar-refractivity contribution >= 4 is 57.8 Å². The number of furan rings is 1. The zero-order valence-corrected chi connectivity index (χ0v) is 17.8. The predicted octanol–water partition coefficient (Wildman–Crippen LogP) is 8.09. The fourth-order valence-electron chi connectivity index (χ4n) is 2.69. The third-order valence-electron chi connectivity index (χ3n) is 4.09. The zero-order chi connectivity index (χ0) is 20.4. The Labute approximate surface area is 186 Å². The van der Waals surface area contributed by atoms with Crippen LogP contribution in [0.4, 0.5) is 0 Å². The first-order chi connectivity index (χ1) is 14.0. The van der Waals surface area contributed by atoms with E-state index in [-0.39, 0.29) is 0 Å². The Bertz CT molecular complexity index is 1250. The molecule has 0 aliphatic heterocycles. The summed E-state index contributed by atoms with van der Waals surface area (Å²) < 4.78 is 5.93. The van der Waals surface area contributed by atoms with Crippen LogP contribution in [0.1, 0.15) is 10.6 Å². The van der Waals surface area contributed by atoms with Crippen LogP contribution in [-0.2, 0) is 0 Å². The normalized spacial score (nSPS) is 11.4. The minimum atomic E-state index is 0.469. The van der Waals surface area contributed by atoms with Crippen LogP contribution in [0.3, 0.4) is 0 Å². The molecular formula is C22H11Cl3N2OS. The summed E-state index contributed by atoms with van der Waals surface area (Å²) in [6.45, 7) is 0. The number of hydrogen-bond donors (Lipinski definition) is 0. The third-order valence-corrected chi connectivity index (χ3v) is 5.77. The van der Waals surface area contributed by atoms with Crippen molar-refractivity contribution in [3.63, 3.8) is 0 Å². The average molecular weight is 458 g/mol. The van der Waals surface area contributed by atoms with E-state index in [1.165, 1.54) is 11.3 Å². The lowest BCUT2D eigenvalue weighted by Crippen LogP contribution is -1.82. The Balaban J connectivity index is 1.63. The highest BCUT2D eigenvalue weighted by molar-refractivity contribution is 7.11. The molecular weight excluding hydrogens is 447 g/mol. The van der Waals surface area contributed by atoms with E-state index in [1.54, 1.807) is 30.3 Å². The molecule has 4 aromatic rings. The van der Waals surface area contributed by atoms with Gasteiger partial charge in [0.1, 0.15) is 22.5 Å². The molecule has 0 saturated carbocycles. The van der Waals surface area contributed by atoms with Gasteiger partial charge in [-0.2, -0.15) is 5.26 Å². The molecule has 0 atom stereocenters. The van der Waals surface area contributed by atoms with E-state index in [9.17, 15) is 5.26 Å². The molecule has 142 valence electrons. The second-order valence-corrected chi connectivity index (χ2v) is 8.19. The highest BCUT2D eigenvalue weighted by Crippen LogP contribution is 2.35. The molecule has 3 nitrogen and oxygen atoms in total. The van der Waals surface area contributed by atoms with Crippen LogP contribution < -0.4 is 0 Å². The van der Waals surface area contributed by atoms with Crippen LogP contribution in [0.15, 0.2) is 64.4 Å². The van der Waals surface area contributed by atoms with Gasteiger partial charge >= 0.3 is 0 Å². The summed E-state index contributed by atoms with van der Waals surface area (Å²) in [4.78, 5) is 4.56. The topological polar surface area (TPSA) is 49.8 Å². The Morgan fingerprint density at radius 1 is 0.966 bits per heavy atom. The van der Waals surface area contributed by atoms with Crippen LogP contribution in [-0.4, -0.2) is 4.98 Å². The van der Waals surface area contributed by atoms with Gasteiger partial charge in [-0.25, -0.2) is 4.98 Å². The molecule has 0 fully saturated rings. The second-order valence-electron chi connectivity index (χ2n) is 6.05. The lowest BCUT2D eigenvalue weighted by atomic mass is 10.1. The highest BCUT2D eigenvalue weighted by Gasteiger charge is 2.14. The highest BCUT2D eigenvalue weighted by atomic mass is 35.5. The van der Waals surface area contributed by atoms with E-state index in [4.69, 9.17) is 39.2 Å². The molecule has 0 amide bonds. The molecule has 0 spiro atoms. The molecule has 0 radical (unpaired) electrons. The number of halogens is 3. The number of hydrogen-bond acceptors (Lipinski definition) is 4. The SMILES string of the molecule is N#CC(=Cc1ccc(Cl)cc1)c1nc(-c2ccc(-c3ccc(Cl)cc3Cl)o2)cs1. The summed E-state index contributed by atoms with van der Waals surface area (Å²) in [6, 6.07) is 18.4. The van der Waals surface area contributed by atoms with Crippen LogP contribution in [0, 0.1) is 11.3 Å². The maximum Gasteiger partial charge on any atom is 0.154 e. The number of nitriles is 1. The Kier molecular flexibility index (Phi) is 5.75. The van der Waals surface area contributed by atoms with Gasteiger partial charge in [-0.15, -0.1) is 11.3 Å². The van der Waals surface area contributed by atoms with Gasteiger partial charge in [0.2, 0.25) is 0 Å². The van der Waals surface area contributed by atoms with E-state index >= 15 is 0 Å². The molecule has 0 aliphatic carbocycles. The molecule has 2 heterocycles. The molecule has 2 aromatic heterocycles. The van der Waals surface area contributed by atoms with E-state index in [0.717, 1.165) is 11.1 Å². The second kappa shape index (κ2) is 8.44. The van der Waals surface area contributed by atoms with Crippen molar-refractivity contribution in [1.29, 1.82) is 5.26 Å². The first kappa shape index (κ1) is 19.8. The Hall–Kier alpha value is -2.55. The Morgan fingerprint density at radius 3 is 2.41 bits per heavy atom.